The molecule has 0 aliphatic heterocycles. The van der Waals surface area contributed by atoms with E-state index in [-0.39, 0.29) is 0 Å². The maximum atomic E-state index is 5.13. The molecule has 122 valence electrons. The second-order valence-corrected chi connectivity index (χ2v) is 5.27. The summed E-state index contributed by atoms with van der Waals surface area (Å²) in [5, 5.41) is 0. The van der Waals surface area contributed by atoms with E-state index in [1.807, 2.05) is 48.5 Å². The Morgan fingerprint density at radius 1 is 0.625 bits per heavy atom. The van der Waals surface area contributed by atoms with Crippen molar-refractivity contribution in [1.82, 2.24) is 0 Å². The second kappa shape index (κ2) is 10.0. The smallest absolute Gasteiger partial charge is 0.118 e. The van der Waals surface area contributed by atoms with E-state index in [0.717, 1.165) is 48.3 Å². The monoisotopic (exact) mass is 318 g/mol. The molecule has 0 amide bonds. The average Bonchev–Trinajstić information content (AvgIpc) is 2.65. The molecular weight excluding hydrogens is 296 g/mol. The lowest BCUT2D eigenvalue weighted by atomic mass is 10.1. The van der Waals surface area contributed by atoms with Crippen LogP contribution < -0.4 is 9.47 Å². The highest BCUT2D eigenvalue weighted by Crippen LogP contribution is 2.11. The summed E-state index contributed by atoms with van der Waals surface area (Å²) in [6.45, 7) is 0. The van der Waals surface area contributed by atoms with E-state index in [1.54, 1.807) is 14.2 Å². The van der Waals surface area contributed by atoms with Gasteiger partial charge in [-0.3, -0.25) is 0 Å². The van der Waals surface area contributed by atoms with Gasteiger partial charge in [-0.15, -0.1) is 0 Å². The number of hydrogen-bond donors (Lipinski definition) is 0. The Bertz CT molecular complexity index is 668. The van der Waals surface area contributed by atoms with Crippen LogP contribution in [0.5, 0.6) is 11.5 Å². The molecule has 2 heteroatoms. The van der Waals surface area contributed by atoms with Crippen molar-refractivity contribution in [2.45, 2.75) is 25.7 Å². The van der Waals surface area contributed by atoms with Gasteiger partial charge in [0.1, 0.15) is 11.5 Å². The summed E-state index contributed by atoms with van der Waals surface area (Å²) in [5.74, 6) is 14.5. The van der Waals surface area contributed by atoms with Gasteiger partial charge in [0.15, 0.2) is 0 Å². The lowest BCUT2D eigenvalue weighted by Gasteiger charge is -1.97. The summed E-state index contributed by atoms with van der Waals surface area (Å²) in [6, 6.07) is 15.6. The molecule has 2 rings (SSSR count). The molecule has 0 spiro atoms. The Morgan fingerprint density at radius 3 is 1.33 bits per heavy atom. The first kappa shape index (κ1) is 17.5. The van der Waals surface area contributed by atoms with E-state index in [0.29, 0.717) is 0 Å². The van der Waals surface area contributed by atoms with Gasteiger partial charge in [0.25, 0.3) is 0 Å². The Hall–Kier alpha value is -2.84. The largest absolute Gasteiger partial charge is 0.497 e. The molecule has 2 aromatic carbocycles. The third-order valence-corrected chi connectivity index (χ3v) is 3.50. The number of rotatable bonds is 5. The van der Waals surface area contributed by atoms with E-state index in [4.69, 9.17) is 9.47 Å². The lowest BCUT2D eigenvalue weighted by molar-refractivity contribution is 0.414. The molecule has 0 radical (unpaired) electrons. The molecule has 2 nitrogen and oxygen atoms in total. The summed E-state index contributed by atoms with van der Waals surface area (Å²) in [4.78, 5) is 0. The van der Waals surface area contributed by atoms with Crippen LogP contribution in [-0.4, -0.2) is 14.2 Å². The molecule has 0 aromatic heterocycles. The van der Waals surface area contributed by atoms with Crippen molar-refractivity contribution < 1.29 is 9.47 Å². The fraction of sp³-hybridized carbons (Fsp3) is 0.273. The van der Waals surface area contributed by atoms with E-state index in [1.165, 1.54) is 0 Å². The van der Waals surface area contributed by atoms with Crippen molar-refractivity contribution in [2.75, 3.05) is 14.2 Å². The number of unbranched alkanes of at least 4 members (excludes halogenated alkanes) is 3. The highest BCUT2D eigenvalue weighted by Gasteiger charge is 1.91. The van der Waals surface area contributed by atoms with Gasteiger partial charge < -0.3 is 9.47 Å². The van der Waals surface area contributed by atoms with Gasteiger partial charge in [-0.1, -0.05) is 23.7 Å². The lowest BCUT2D eigenvalue weighted by Crippen LogP contribution is -1.82. The first-order valence-electron chi connectivity index (χ1n) is 8.07. The standard InChI is InChI=1S/C22H22O2/c1-23-21-15-11-19(12-16-21)9-7-5-3-4-6-8-10-20-13-17-22(24-2)18-14-20/h11-18H,3-6H2,1-2H3. The Kier molecular flexibility index (Phi) is 7.32. The summed E-state index contributed by atoms with van der Waals surface area (Å²) >= 11 is 0. The zero-order valence-corrected chi connectivity index (χ0v) is 14.3. The van der Waals surface area contributed by atoms with Gasteiger partial charge in [-0.25, -0.2) is 0 Å². The highest BCUT2D eigenvalue weighted by atomic mass is 16.5. The van der Waals surface area contributed by atoms with Crippen LogP contribution in [0, 0.1) is 23.7 Å². The number of benzene rings is 2. The SMILES string of the molecule is COc1ccc(C#CCCCCC#Cc2ccc(OC)cc2)cc1. The fourth-order valence-corrected chi connectivity index (χ4v) is 2.10. The van der Waals surface area contributed by atoms with Gasteiger partial charge in [0, 0.05) is 24.0 Å². The molecule has 0 heterocycles. The molecule has 0 saturated heterocycles. The summed E-state index contributed by atoms with van der Waals surface area (Å²) in [6.07, 6.45) is 3.94. The van der Waals surface area contributed by atoms with Crippen LogP contribution in [0.2, 0.25) is 0 Å². The third kappa shape index (κ3) is 6.11. The number of methoxy groups -OCH3 is 2. The Morgan fingerprint density at radius 2 is 1.00 bits per heavy atom. The number of hydrogen-bond acceptors (Lipinski definition) is 2. The number of ether oxygens (including phenoxy) is 2. The third-order valence-electron chi connectivity index (χ3n) is 3.50. The van der Waals surface area contributed by atoms with Crippen molar-refractivity contribution in [3.63, 3.8) is 0 Å². The first-order valence-corrected chi connectivity index (χ1v) is 8.07. The van der Waals surface area contributed by atoms with Crippen molar-refractivity contribution in [3.05, 3.63) is 59.7 Å². The summed E-state index contributed by atoms with van der Waals surface area (Å²) < 4.78 is 10.3. The topological polar surface area (TPSA) is 18.5 Å². The molecule has 0 unspecified atom stereocenters. The molecule has 0 fully saturated rings. The quantitative estimate of drug-likeness (QED) is 0.589. The van der Waals surface area contributed by atoms with Crippen LogP contribution in [0.4, 0.5) is 0 Å². The van der Waals surface area contributed by atoms with Gasteiger partial charge in [0.05, 0.1) is 14.2 Å². The minimum Gasteiger partial charge on any atom is -0.497 e. The molecule has 0 saturated carbocycles. The van der Waals surface area contributed by atoms with Gasteiger partial charge in [-0.05, 0) is 61.4 Å². The van der Waals surface area contributed by atoms with Crippen LogP contribution in [0.15, 0.2) is 48.5 Å². The van der Waals surface area contributed by atoms with Crippen LogP contribution in [0.25, 0.3) is 0 Å². The summed E-state index contributed by atoms with van der Waals surface area (Å²) in [5.41, 5.74) is 2.05. The molecule has 0 aliphatic rings. The summed E-state index contributed by atoms with van der Waals surface area (Å²) in [7, 11) is 3.33. The maximum absolute atomic E-state index is 5.13. The molecule has 24 heavy (non-hydrogen) atoms. The van der Waals surface area contributed by atoms with Crippen LogP contribution >= 0.6 is 0 Å². The van der Waals surface area contributed by atoms with Crippen LogP contribution in [0.1, 0.15) is 36.8 Å². The maximum Gasteiger partial charge on any atom is 0.118 e. The predicted octanol–water partition coefficient (Wildman–Crippen LogP) is 4.67. The van der Waals surface area contributed by atoms with E-state index in [2.05, 4.69) is 23.7 Å². The van der Waals surface area contributed by atoms with Crippen molar-refractivity contribution in [1.29, 1.82) is 0 Å². The molecule has 0 atom stereocenters. The van der Waals surface area contributed by atoms with Crippen LogP contribution in [0.3, 0.4) is 0 Å². The van der Waals surface area contributed by atoms with Crippen molar-refractivity contribution in [3.8, 4) is 35.2 Å². The zero-order valence-electron chi connectivity index (χ0n) is 14.3. The minimum absolute atomic E-state index is 0.857. The highest BCUT2D eigenvalue weighted by molar-refractivity contribution is 5.39. The second-order valence-electron chi connectivity index (χ2n) is 5.27. The predicted molar refractivity (Wildman–Crippen MR) is 98.2 cm³/mol. The van der Waals surface area contributed by atoms with Gasteiger partial charge in [-0.2, -0.15) is 0 Å². The van der Waals surface area contributed by atoms with E-state index >= 15 is 0 Å². The van der Waals surface area contributed by atoms with E-state index in [9.17, 15) is 0 Å². The average molecular weight is 318 g/mol. The Labute approximate surface area is 144 Å². The minimum atomic E-state index is 0.857. The van der Waals surface area contributed by atoms with Crippen molar-refractivity contribution in [2.24, 2.45) is 0 Å². The van der Waals surface area contributed by atoms with Crippen LogP contribution in [-0.2, 0) is 0 Å². The van der Waals surface area contributed by atoms with E-state index < -0.39 is 0 Å². The van der Waals surface area contributed by atoms with Crippen molar-refractivity contribution >= 4 is 0 Å². The molecule has 0 aliphatic carbocycles. The molecular formula is C22H22O2. The molecule has 0 bridgehead atoms. The zero-order chi connectivity index (χ0) is 17.0. The van der Waals surface area contributed by atoms with Gasteiger partial charge >= 0.3 is 0 Å². The Balaban J connectivity index is 1.66. The normalized spacial score (nSPS) is 9.25. The van der Waals surface area contributed by atoms with Gasteiger partial charge in [0.2, 0.25) is 0 Å². The first-order chi connectivity index (χ1) is 11.8. The molecule has 0 N–H and O–H groups in total. The molecule has 2 aromatic rings. The fourth-order valence-electron chi connectivity index (χ4n) is 2.10.